The molecule has 0 saturated heterocycles. The SMILES string of the molecule is COc1ccc(C(=O)OCC(=O)N(C)C2(c3ccccc3Cl)CCCCC2=O)c(OC)c1OC. The number of amides is 1. The molecule has 1 aliphatic rings. The van der Waals surface area contributed by atoms with Crippen LogP contribution in [0, 0.1) is 0 Å². The third kappa shape index (κ3) is 4.55. The molecule has 1 aliphatic carbocycles. The van der Waals surface area contributed by atoms with Crippen molar-refractivity contribution in [3.05, 3.63) is 52.5 Å². The number of hydrogen-bond donors (Lipinski definition) is 0. The molecule has 9 heteroatoms. The number of esters is 1. The molecular formula is C25H28ClNO7. The van der Waals surface area contributed by atoms with Gasteiger partial charge in [-0.05, 0) is 37.5 Å². The minimum atomic E-state index is -1.21. The van der Waals surface area contributed by atoms with Gasteiger partial charge in [-0.15, -0.1) is 0 Å². The standard InChI is InChI=1S/C25H28ClNO7/c1-27(25(14-8-7-11-20(25)28)17-9-5-6-10-18(17)26)21(29)15-34-24(30)16-12-13-19(31-2)23(33-4)22(16)32-3/h5-6,9-10,12-13H,7-8,11,14-15H2,1-4H3. The van der Waals surface area contributed by atoms with Crippen LogP contribution in [0.2, 0.25) is 5.02 Å². The van der Waals surface area contributed by atoms with Gasteiger partial charge in [-0.25, -0.2) is 4.79 Å². The van der Waals surface area contributed by atoms with Crippen LogP contribution in [0.15, 0.2) is 36.4 Å². The van der Waals surface area contributed by atoms with Crippen LogP contribution in [0.5, 0.6) is 17.2 Å². The molecule has 0 bridgehead atoms. The predicted octanol–water partition coefficient (Wildman–Crippen LogP) is 4.02. The smallest absolute Gasteiger partial charge is 0.342 e. The van der Waals surface area contributed by atoms with Crippen LogP contribution in [0.4, 0.5) is 0 Å². The highest BCUT2D eigenvalue weighted by molar-refractivity contribution is 6.31. The van der Waals surface area contributed by atoms with Crippen molar-refractivity contribution in [2.75, 3.05) is 35.0 Å². The van der Waals surface area contributed by atoms with Crippen molar-refractivity contribution >= 4 is 29.3 Å². The predicted molar refractivity (Wildman–Crippen MR) is 126 cm³/mol. The van der Waals surface area contributed by atoms with Gasteiger partial charge in [0.1, 0.15) is 11.1 Å². The minimum Gasteiger partial charge on any atom is -0.493 e. The van der Waals surface area contributed by atoms with Gasteiger partial charge >= 0.3 is 5.97 Å². The third-order valence-corrected chi connectivity index (χ3v) is 6.50. The first kappa shape index (κ1) is 25.4. The van der Waals surface area contributed by atoms with Crippen LogP contribution in [0.1, 0.15) is 41.6 Å². The number of ketones is 1. The largest absolute Gasteiger partial charge is 0.493 e. The Bertz CT molecular complexity index is 1090. The van der Waals surface area contributed by atoms with Crippen LogP contribution < -0.4 is 14.2 Å². The van der Waals surface area contributed by atoms with Gasteiger partial charge in [-0.3, -0.25) is 9.59 Å². The second-order valence-corrected chi connectivity index (χ2v) is 8.29. The molecule has 2 aromatic rings. The Morgan fingerprint density at radius 3 is 2.32 bits per heavy atom. The zero-order chi connectivity index (χ0) is 24.9. The lowest BCUT2D eigenvalue weighted by atomic mass is 9.74. The number of likely N-dealkylation sites (N-methyl/N-ethyl adjacent to an activating group) is 1. The maximum atomic E-state index is 13.2. The van der Waals surface area contributed by atoms with E-state index >= 15 is 0 Å². The summed E-state index contributed by atoms with van der Waals surface area (Å²) < 4.78 is 21.2. The van der Waals surface area contributed by atoms with Crippen molar-refractivity contribution in [3.63, 3.8) is 0 Å². The number of nitrogens with zero attached hydrogens (tertiary/aromatic N) is 1. The Morgan fingerprint density at radius 2 is 1.71 bits per heavy atom. The maximum Gasteiger partial charge on any atom is 0.342 e. The first-order valence-corrected chi connectivity index (χ1v) is 11.2. The van der Waals surface area contributed by atoms with E-state index in [0.717, 1.165) is 12.8 Å². The fourth-order valence-electron chi connectivity index (χ4n) is 4.41. The molecule has 1 saturated carbocycles. The summed E-state index contributed by atoms with van der Waals surface area (Å²) in [5, 5.41) is 0.407. The van der Waals surface area contributed by atoms with Gasteiger partial charge in [-0.1, -0.05) is 29.8 Å². The number of carbonyl (C=O) groups is 3. The lowest BCUT2D eigenvalue weighted by molar-refractivity contribution is -0.150. The number of hydrogen-bond acceptors (Lipinski definition) is 7. The summed E-state index contributed by atoms with van der Waals surface area (Å²) in [6, 6.07) is 10.0. The Hall–Kier alpha value is -3.26. The molecule has 1 fully saturated rings. The summed E-state index contributed by atoms with van der Waals surface area (Å²) in [7, 11) is 5.81. The molecule has 1 unspecified atom stereocenters. The quantitative estimate of drug-likeness (QED) is 0.517. The second kappa shape index (κ2) is 10.8. The molecule has 1 amide bonds. The summed E-state index contributed by atoms with van der Waals surface area (Å²) in [6.45, 7) is -0.563. The molecular weight excluding hydrogens is 462 g/mol. The molecule has 0 radical (unpaired) electrons. The van der Waals surface area contributed by atoms with Crippen molar-refractivity contribution in [3.8, 4) is 17.2 Å². The van der Waals surface area contributed by atoms with Crippen molar-refractivity contribution < 1.29 is 33.3 Å². The maximum absolute atomic E-state index is 13.2. The van der Waals surface area contributed by atoms with Crippen LogP contribution in [-0.4, -0.2) is 57.5 Å². The summed E-state index contributed by atoms with van der Waals surface area (Å²) in [5.74, 6) is -0.653. The lowest BCUT2D eigenvalue weighted by Gasteiger charge is -2.43. The number of ether oxygens (including phenoxy) is 4. The normalized spacial score (nSPS) is 17.6. The molecule has 0 heterocycles. The van der Waals surface area contributed by atoms with Crippen LogP contribution in [-0.2, 0) is 19.9 Å². The Morgan fingerprint density at radius 1 is 1.00 bits per heavy atom. The zero-order valence-corrected chi connectivity index (χ0v) is 20.4. The molecule has 1 atom stereocenters. The lowest BCUT2D eigenvalue weighted by Crippen LogP contribution is -2.55. The van der Waals surface area contributed by atoms with E-state index in [1.807, 2.05) is 0 Å². The van der Waals surface area contributed by atoms with E-state index in [2.05, 4.69) is 0 Å². The van der Waals surface area contributed by atoms with Gasteiger partial charge in [0.05, 0.1) is 21.3 Å². The Balaban J connectivity index is 1.84. The van der Waals surface area contributed by atoms with Crippen LogP contribution in [0.3, 0.4) is 0 Å². The van der Waals surface area contributed by atoms with Crippen LogP contribution in [0.25, 0.3) is 0 Å². The summed E-state index contributed by atoms with van der Waals surface area (Å²) in [5.41, 5.74) is -0.559. The number of Topliss-reactive ketones (excluding diaryl/α,β-unsaturated/α-hetero) is 1. The highest BCUT2D eigenvalue weighted by Crippen LogP contribution is 2.43. The van der Waals surface area contributed by atoms with E-state index < -0.39 is 24.0 Å². The van der Waals surface area contributed by atoms with Gasteiger partial charge in [0.2, 0.25) is 5.75 Å². The zero-order valence-electron chi connectivity index (χ0n) is 19.7. The van der Waals surface area contributed by atoms with E-state index in [9.17, 15) is 14.4 Å². The monoisotopic (exact) mass is 489 g/mol. The van der Waals surface area contributed by atoms with Crippen molar-refractivity contribution in [1.29, 1.82) is 0 Å². The summed E-state index contributed by atoms with van der Waals surface area (Å²) in [6.07, 6.45) is 2.29. The van der Waals surface area contributed by atoms with Crippen molar-refractivity contribution in [2.45, 2.75) is 31.2 Å². The number of methoxy groups -OCH3 is 3. The molecule has 2 aromatic carbocycles. The molecule has 0 N–H and O–H groups in total. The number of benzene rings is 2. The number of halogens is 1. The Kier molecular flexibility index (Phi) is 8.04. The molecule has 34 heavy (non-hydrogen) atoms. The van der Waals surface area contributed by atoms with E-state index in [-0.39, 0.29) is 22.8 Å². The molecule has 3 rings (SSSR count). The Labute approximate surface area is 203 Å². The summed E-state index contributed by atoms with van der Waals surface area (Å²) in [4.78, 5) is 40.5. The van der Waals surface area contributed by atoms with Crippen molar-refractivity contribution in [1.82, 2.24) is 4.90 Å². The second-order valence-electron chi connectivity index (χ2n) is 7.88. The average molecular weight is 490 g/mol. The fourth-order valence-corrected chi connectivity index (χ4v) is 4.70. The van der Waals surface area contributed by atoms with Gasteiger partial charge < -0.3 is 23.8 Å². The van der Waals surface area contributed by atoms with Gasteiger partial charge in [0, 0.05) is 24.1 Å². The van der Waals surface area contributed by atoms with E-state index in [0.29, 0.717) is 29.2 Å². The van der Waals surface area contributed by atoms with E-state index in [1.165, 1.54) is 32.3 Å². The molecule has 8 nitrogen and oxygen atoms in total. The molecule has 0 aromatic heterocycles. The highest BCUT2D eigenvalue weighted by atomic mass is 35.5. The van der Waals surface area contributed by atoms with E-state index in [4.69, 9.17) is 30.5 Å². The van der Waals surface area contributed by atoms with Crippen molar-refractivity contribution in [2.24, 2.45) is 0 Å². The number of carbonyl (C=O) groups excluding carboxylic acids is 3. The fraction of sp³-hybridized carbons (Fsp3) is 0.400. The van der Waals surface area contributed by atoms with E-state index in [1.54, 1.807) is 37.4 Å². The topological polar surface area (TPSA) is 91.4 Å². The molecule has 0 aliphatic heterocycles. The van der Waals surface area contributed by atoms with Crippen LogP contribution >= 0.6 is 11.6 Å². The molecule has 182 valence electrons. The number of rotatable bonds is 8. The summed E-state index contributed by atoms with van der Waals surface area (Å²) >= 11 is 6.44. The average Bonchev–Trinajstić information content (AvgIpc) is 2.86. The third-order valence-electron chi connectivity index (χ3n) is 6.17. The first-order valence-electron chi connectivity index (χ1n) is 10.8. The molecule has 0 spiro atoms. The minimum absolute atomic E-state index is 0.0742. The van der Waals surface area contributed by atoms with Gasteiger partial charge in [0.15, 0.2) is 23.9 Å². The highest BCUT2D eigenvalue weighted by Gasteiger charge is 2.48. The van der Waals surface area contributed by atoms with Gasteiger partial charge in [0.25, 0.3) is 5.91 Å². The first-order chi connectivity index (χ1) is 16.3. The van der Waals surface area contributed by atoms with Gasteiger partial charge in [-0.2, -0.15) is 0 Å².